The Hall–Kier alpha value is -1.73. The fourth-order valence-corrected chi connectivity index (χ4v) is 4.22. The standard InChI is InChI=1S/C17H15Br2N3O2/c1-9-4-10(2)16-14(5-9)20-21-22(16)15(23)8-24-17-11(3)6-12(18)7-13(17)19/h4-7H,8H2,1-3H3. The van der Waals surface area contributed by atoms with E-state index in [4.69, 9.17) is 4.74 Å². The molecule has 0 aliphatic heterocycles. The number of hydrogen-bond donors (Lipinski definition) is 0. The third kappa shape index (κ3) is 3.23. The average Bonchev–Trinajstić information content (AvgIpc) is 2.89. The molecular formula is C17H15Br2N3O2. The van der Waals surface area contributed by atoms with E-state index in [0.29, 0.717) is 11.3 Å². The molecular weight excluding hydrogens is 438 g/mol. The van der Waals surface area contributed by atoms with Gasteiger partial charge in [-0.25, -0.2) is 0 Å². The zero-order valence-corrected chi connectivity index (χ0v) is 16.6. The van der Waals surface area contributed by atoms with E-state index in [1.165, 1.54) is 4.68 Å². The summed E-state index contributed by atoms with van der Waals surface area (Å²) in [6.45, 7) is 5.74. The Kier molecular flexibility index (Phi) is 4.73. The van der Waals surface area contributed by atoms with Crippen molar-refractivity contribution in [3.63, 3.8) is 0 Å². The van der Waals surface area contributed by atoms with Gasteiger partial charge < -0.3 is 4.74 Å². The molecule has 3 aromatic rings. The lowest BCUT2D eigenvalue weighted by Gasteiger charge is -2.11. The molecule has 0 aliphatic carbocycles. The molecule has 0 amide bonds. The van der Waals surface area contributed by atoms with Crippen LogP contribution in [0.1, 0.15) is 21.5 Å². The number of benzene rings is 2. The van der Waals surface area contributed by atoms with E-state index in [1.807, 2.05) is 45.0 Å². The molecule has 1 heterocycles. The van der Waals surface area contributed by atoms with Crippen molar-refractivity contribution in [3.05, 3.63) is 49.9 Å². The van der Waals surface area contributed by atoms with E-state index in [9.17, 15) is 4.79 Å². The van der Waals surface area contributed by atoms with E-state index in [2.05, 4.69) is 42.2 Å². The van der Waals surface area contributed by atoms with Crippen molar-refractivity contribution >= 4 is 48.8 Å². The number of hydrogen-bond acceptors (Lipinski definition) is 4. The minimum absolute atomic E-state index is 0.118. The van der Waals surface area contributed by atoms with Gasteiger partial charge >= 0.3 is 0 Å². The molecule has 2 aromatic carbocycles. The summed E-state index contributed by atoms with van der Waals surface area (Å²) in [5.41, 5.74) is 4.41. The minimum Gasteiger partial charge on any atom is -0.482 e. The van der Waals surface area contributed by atoms with Gasteiger partial charge in [0.15, 0.2) is 6.61 Å². The number of aromatic nitrogens is 3. The molecule has 24 heavy (non-hydrogen) atoms. The van der Waals surface area contributed by atoms with Crippen molar-refractivity contribution in [1.29, 1.82) is 0 Å². The van der Waals surface area contributed by atoms with Crippen LogP contribution >= 0.6 is 31.9 Å². The third-order valence-electron chi connectivity index (χ3n) is 3.65. The highest BCUT2D eigenvalue weighted by Crippen LogP contribution is 2.32. The Morgan fingerprint density at radius 1 is 1.12 bits per heavy atom. The Morgan fingerprint density at radius 2 is 1.88 bits per heavy atom. The first-order valence-electron chi connectivity index (χ1n) is 7.31. The van der Waals surface area contributed by atoms with E-state index in [0.717, 1.165) is 31.2 Å². The first-order valence-corrected chi connectivity index (χ1v) is 8.89. The molecule has 0 aliphatic rings. The highest BCUT2D eigenvalue weighted by atomic mass is 79.9. The minimum atomic E-state index is -0.265. The molecule has 7 heteroatoms. The predicted octanol–water partition coefficient (Wildman–Crippen LogP) is 4.60. The van der Waals surface area contributed by atoms with Crippen LogP contribution in [0.3, 0.4) is 0 Å². The van der Waals surface area contributed by atoms with Crippen molar-refractivity contribution in [2.45, 2.75) is 20.8 Å². The lowest BCUT2D eigenvalue weighted by Crippen LogP contribution is -2.21. The van der Waals surface area contributed by atoms with Crippen molar-refractivity contribution in [2.24, 2.45) is 0 Å². The van der Waals surface area contributed by atoms with Gasteiger partial charge in [-0.2, -0.15) is 4.68 Å². The van der Waals surface area contributed by atoms with E-state index in [-0.39, 0.29) is 12.5 Å². The second kappa shape index (κ2) is 6.64. The Morgan fingerprint density at radius 3 is 2.58 bits per heavy atom. The summed E-state index contributed by atoms with van der Waals surface area (Å²) in [5.74, 6) is 0.377. The fraction of sp³-hybridized carbons (Fsp3) is 0.235. The monoisotopic (exact) mass is 451 g/mol. The van der Waals surface area contributed by atoms with Crippen LogP contribution in [0.25, 0.3) is 11.0 Å². The summed E-state index contributed by atoms with van der Waals surface area (Å²) >= 11 is 6.88. The zero-order chi connectivity index (χ0) is 17.4. The Balaban J connectivity index is 1.87. The second-order valence-electron chi connectivity index (χ2n) is 5.67. The summed E-state index contributed by atoms with van der Waals surface area (Å²) in [4.78, 5) is 12.5. The highest BCUT2D eigenvalue weighted by Gasteiger charge is 2.16. The van der Waals surface area contributed by atoms with Gasteiger partial charge in [-0.1, -0.05) is 27.2 Å². The molecule has 3 rings (SSSR count). The molecule has 0 saturated carbocycles. The molecule has 0 N–H and O–H groups in total. The van der Waals surface area contributed by atoms with Gasteiger partial charge in [0.1, 0.15) is 16.8 Å². The summed E-state index contributed by atoms with van der Waals surface area (Å²) < 4.78 is 8.76. The van der Waals surface area contributed by atoms with Crippen LogP contribution in [0.2, 0.25) is 0 Å². The number of ether oxygens (including phenoxy) is 1. The summed E-state index contributed by atoms with van der Waals surface area (Å²) in [6.07, 6.45) is 0. The molecule has 5 nitrogen and oxygen atoms in total. The summed E-state index contributed by atoms with van der Waals surface area (Å²) in [6, 6.07) is 7.73. The maximum atomic E-state index is 12.5. The lowest BCUT2D eigenvalue weighted by molar-refractivity contribution is 0.0823. The van der Waals surface area contributed by atoms with Gasteiger partial charge in [0.25, 0.3) is 5.91 Å². The van der Waals surface area contributed by atoms with E-state index < -0.39 is 0 Å². The van der Waals surface area contributed by atoms with Gasteiger partial charge in [-0.15, -0.1) is 5.10 Å². The van der Waals surface area contributed by atoms with Crippen LogP contribution < -0.4 is 4.74 Å². The van der Waals surface area contributed by atoms with Crippen molar-refractivity contribution < 1.29 is 9.53 Å². The topological polar surface area (TPSA) is 57.0 Å². The largest absolute Gasteiger partial charge is 0.482 e. The molecule has 0 spiro atoms. The van der Waals surface area contributed by atoms with Crippen molar-refractivity contribution in [3.8, 4) is 5.75 Å². The zero-order valence-electron chi connectivity index (χ0n) is 13.4. The fourth-order valence-electron chi connectivity index (χ4n) is 2.67. The number of nitrogens with zero attached hydrogens (tertiary/aromatic N) is 3. The third-order valence-corrected chi connectivity index (χ3v) is 4.70. The molecule has 0 saturated heterocycles. The maximum Gasteiger partial charge on any atom is 0.286 e. The molecule has 1 aromatic heterocycles. The van der Waals surface area contributed by atoms with Gasteiger partial charge in [-0.3, -0.25) is 4.79 Å². The molecule has 124 valence electrons. The SMILES string of the molecule is Cc1cc(C)c2c(c1)nnn2C(=O)COc1c(C)cc(Br)cc1Br. The Labute approximate surface area is 156 Å². The number of carbonyl (C=O) groups excluding carboxylic acids is 1. The van der Waals surface area contributed by atoms with E-state index >= 15 is 0 Å². The van der Waals surface area contributed by atoms with Crippen molar-refractivity contribution in [1.82, 2.24) is 15.0 Å². The number of rotatable bonds is 3. The first-order chi connectivity index (χ1) is 11.4. The molecule has 0 atom stereocenters. The molecule has 0 fully saturated rings. The van der Waals surface area contributed by atoms with Crippen LogP contribution in [0.5, 0.6) is 5.75 Å². The van der Waals surface area contributed by atoms with Crippen LogP contribution in [0.4, 0.5) is 0 Å². The van der Waals surface area contributed by atoms with Gasteiger partial charge in [0.2, 0.25) is 0 Å². The van der Waals surface area contributed by atoms with Crippen LogP contribution in [0, 0.1) is 20.8 Å². The number of halogens is 2. The maximum absolute atomic E-state index is 12.5. The second-order valence-corrected chi connectivity index (χ2v) is 7.44. The number of aryl methyl sites for hydroxylation is 3. The average molecular weight is 453 g/mol. The molecule has 0 unspecified atom stereocenters. The summed E-state index contributed by atoms with van der Waals surface area (Å²) in [7, 11) is 0. The highest BCUT2D eigenvalue weighted by molar-refractivity contribution is 9.11. The number of fused-ring (bicyclic) bond motifs is 1. The quantitative estimate of drug-likeness (QED) is 0.582. The van der Waals surface area contributed by atoms with Gasteiger partial charge in [0.05, 0.1) is 4.47 Å². The first kappa shape index (κ1) is 17.1. The number of carbonyl (C=O) groups is 1. The Bertz CT molecular complexity index is 927. The predicted molar refractivity (Wildman–Crippen MR) is 99.7 cm³/mol. The lowest BCUT2D eigenvalue weighted by atomic mass is 10.1. The molecule has 0 bridgehead atoms. The van der Waals surface area contributed by atoms with Gasteiger partial charge in [0, 0.05) is 4.47 Å². The summed E-state index contributed by atoms with van der Waals surface area (Å²) in [5, 5.41) is 8.07. The molecule has 0 radical (unpaired) electrons. The van der Waals surface area contributed by atoms with Crippen molar-refractivity contribution in [2.75, 3.05) is 6.61 Å². The van der Waals surface area contributed by atoms with E-state index in [1.54, 1.807) is 0 Å². The normalized spacial score (nSPS) is 11.0. The van der Waals surface area contributed by atoms with Gasteiger partial charge in [-0.05, 0) is 71.6 Å². The van der Waals surface area contributed by atoms with Crippen LogP contribution in [-0.2, 0) is 0 Å². The van der Waals surface area contributed by atoms with Crippen LogP contribution in [0.15, 0.2) is 33.2 Å². The smallest absolute Gasteiger partial charge is 0.286 e. The van der Waals surface area contributed by atoms with Crippen LogP contribution in [-0.4, -0.2) is 27.5 Å².